The van der Waals surface area contributed by atoms with Crippen LogP contribution in [0.5, 0.6) is 5.75 Å². The SMILES string of the molecule is COc1cc2ccccc2cc1C(=O)N(CCCN1CCOCC1)c1nc2ccc(C)cc2s1.Cl. The highest BCUT2D eigenvalue weighted by Gasteiger charge is 2.25. The predicted octanol–water partition coefficient (Wildman–Crippen LogP) is 5.56. The zero-order valence-corrected chi connectivity index (χ0v) is 21.7. The van der Waals surface area contributed by atoms with Gasteiger partial charge in [-0.15, -0.1) is 12.4 Å². The fraction of sp³-hybridized carbons (Fsp3) is 0.333. The smallest absolute Gasteiger partial charge is 0.263 e. The average molecular weight is 512 g/mol. The van der Waals surface area contributed by atoms with Gasteiger partial charge in [0.25, 0.3) is 5.91 Å². The number of anilines is 1. The minimum Gasteiger partial charge on any atom is -0.496 e. The molecule has 35 heavy (non-hydrogen) atoms. The quantitative estimate of drug-likeness (QED) is 0.325. The fourth-order valence-electron chi connectivity index (χ4n) is 4.40. The van der Waals surface area contributed by atoms with Crippen LogP contribution in [0.4, 0.5) is 5.13 Å². The molecule has 0 saturated carbocycles. The van der Waals surface area contributed by atoms with Crippen LogP contribution in [-0.4, -0.2) is 62.3 Å². The number of nitrogens with zero attached hydrogens (tertiary/aromatic N) is 3. The van der Waals surface area contributed by atoms with Gasteiger partial charge >= 0.3 is 0 Å². The number of hydrogen-bond donors (Lipinski definition) is 0. The summed E-state index contributed by atoms with van der Waals surface area (Å²) < 4.78 is 12.2. The lowest BCUT2D eigenvalue weighted by Gasteiger charge is -2.28. The highest BCUT2D eigenvalue weighted by molar-refractivity contribution is 7.22. The minimum atomic E-state index is -0.0830. The maximum absolute atomic E-state index is 14.0. The van der Waals surface area contributed by atoms with Gasteiger partial charge in [-0.2, -0.15) is 0 Å². The second-order valence-electron chi connectivity index (χ2n) is 8.63. The number of halogens is 1. The Labute approximate surface area is 215 Å². The van der Waals surface area contributed by atoms with Crippen LogP contribution >= 0.6 is 23.7 Å². The zero-order valence-electron chi connectivity index (χ0n) is 20.0. The van der Waals surface area contributed by atoms with Crippen LogP contribution < -0.4 is 9.64 Å². The van der Waals surface area contributed by atoms with Gasteiger partial charge in [-0.1, -0.05) is 41.7 Å². The van der Waals surface area contributed by atoms with Gasteiger partial charge in [0.1, 0.15) is 5.75 Å². The van der Waals surface area contributed by atoms with Crippen molar-refractivity contribution in [3.05, 3.63) is 65.7 Å². The van der Waals surface area contributed by atoms with E-state index in [4.69, 9.17) is 14.5 Å². The number of carbonyl (C=O) groups is 1. The molecule has 8 heteroatoms. The summed E-state index contributed by atoms with van der Waals surface area (Å²) in [6, 6.07) is 18.1. The molecule has 0 spiro atoms. The molecule has 0 N–H and O–H groups in total. The normalized spacial score (nSPS) is 14.1. The summed E-state index contributed by atoms with van der Waals surface area (Å²) in [5.74, 6) is 0.499. The number of benzene rings is 3. The van der Waals surface area contributed by atoms with E-state index in [9.17, 15) is 4.79 Å². The molecule has 4 aromatic rings. The van der Waals surface area contributed by atoms with Crippen LogP contribution in [0.2, 0.25) is 0 Å². The molecule has 184 valence electrons. The molecular weight excluding hydrogens is 482 g/mol. The van der Waals surface area contributed by atoms with Gasteiger partial charge in [0.2, 0.25) is 0 Å². The molecule has 5 rings (SSSR count). The molecule has 6 nitrogen and oxygen atoms in total. The van der Waals surface area contributed by atoms with E-state index in [2.05, 4.69) is 24.0 Å². The molecule has 1 amide bonds. The first-order valence-electron chi connectivity index (χ1n) is 11.7. The van der Waals surface area contributed by atoms with E-state index in [1.54, 1.807) is 18.4 Å². The largest absolute Gasteiger partial charge is 0.496 e. The van der Waals surface area contributed by atoms with Gasteiger partial charge in [0, 0.05) is 26.2 Å². The second-order valence-corrected chi connectivity index (χ2v) is 9.64. The molecule has 2 heterocycles. The first-order chi connectivity index (χ1) is 16.6. The number of thiazole rings is 1. The van der Waals surface area contributed by atoms with Crippen molar-refractivity contribution in [1.29, 1.82) is 0 Å². The summed E-state index contributed by atoms with van der Waals surface area (Å²) in [4.78, 5) is 23.0. The average Bonchev–Trinajstić information content (AvgIpc) is 3.28. The summed E-state index contributed by atoms with van der Waals surface area (Å²) >= 11 is 1.57. The van der Waals surface area contributed by atoms with Gasteiger partial charge in [-0.05, 0) is 53.9 Å². The van der Waals surface area contributed by atoms with Crippen molar-refractivity contribution in [2.75, 3.05) is 51.4 Å². The van der Waals surface area contributed by atoms with Crippen LogP contribution in [0.1, 0.15) is 22.3 Å². The van der Waals surface area contributed by atoms with Gasteiger partial charge < -0.3 is 9.47 Å². The standard InChI is InChI=1S/C27H29N3O3S.ClH/c1-19-8-9-23-25(16-19)34-27(28-23)30(11-5-10-29-12-14-33-15-13-29)26(31)22-17-20-6-3-4-7-21(20)18-24(22)32-2;/h3-4,6-9,16-18H,5,10-15H2,1-2H3;1H. The molecule has 1 saturated heterocycles. The Morgan fingerprint density at radius 1 is 1.11 bits per heavy atom. The molecule has 1 aliphatic heterocycles. The van der Waals surface area contributed by atoms with E-state index in [0.717, 1.165) is 65.4 Å². The van der Waals surface area contributed by atoms with Crippen molar-refractivity contribution in [2.45, 2.75) is 13.3 Å². The maximum atomic E-state index is 14.0. The highest BCUT2D eigenvalue weighted by atomic mass is 35.5. The number of rotatable bonds is 7. The van der Waals surface area contributed by atoms with Gasteiger partial charge in [-0.3, -0.25) is 14.6 Å². The van der Waals surface area contributed by atoms with Crippen LogP contribution in [0.15, 0.2) is 54.6 Å². The highest BCUT2D eigenvalue weighted by Crippen LogP contribution is 2.33. The third kappa shape index (κ3) is 5.59. The summed E-state index contributed by atoms with van der Waals surface area (Å²) in [5, 5.41) is 2.79. The summed E-state index contributed by atoms with van der Waals surface area (Å²) in [7, 11) is 1.62. The predicted molar refractivity (Wildman–Crippen MR) is 146 cm³/mol. The van der Waals surface area contributed by atoms with Crippen LogP contribution in [-0.2, 0) is 4.74 Å². The van der Waals surface area contributed by atoms with E-state index in [0.29, 0.717) is 17.9 Å². The van der Waals surface area contributed by atoms with Crippen molar-refractivity contribution >= 4 is 55.8 Å². The molecule has 0 bridgehead atoms. The summed E-state index contributed by atoms with van der Waals surface area (Å²) in [6.07, 6.45) is 0.858. The van der Waals surface area contributed by atoms with Gasteiger partial charge in [0.05, 0.1) is 36.1 Å². The molecule has 3 aromatic carbocycles. The minimum absolute atomic E-state index is 0. The number of methoxy groups -OCH3 is 1. The zero-order chi connectivity index (χ0) is 23.5. The first kappa shape index (κ1) is 25.4. The lowest BCUT2D eigenvalue weighted by Crippen LogP contribution is -2.39. The van der Waals surface area contributed by atoms with Gasteiger partial charge in [0.15, 0.2) is 5.13 Å². The number of aryl methyl sites for hydroxylation is 1. The molecule has 0 aliphatic carbocycles. The van der Waals surface area contributed by atoms with E-state index in [-0.39, 0.29) is 18.3 Å². The van der Waals surface area contributed by atoms with Gasteiger partial charge in [-0.25, -0.2) is 4.98 Å². The summed E-state index contributed by atoms with van der Waals surface area (Å²) in [5.41, 5.74) is 2.66. The fourth-order valence-corrected chi connectivity index (χ4v) is 5.49. The molecule has 1 fully saturated rings. The van der Waals surface area contributed by atoms with Crippen molar-refractivity contribution in [1.82, 2.24) is 9.88 Å². The van der Waals surface area contributed by atoms with E-state index in [1.807, 2.05) is 47.4 Å². The molecular formula is C27H30ClN3O3S. The van der Waals surface area contributed by atoms with Crippen molar-refractivity contribution < 1.29 is 14.3 Å². The number of aromatic nitrogens is 1. The van der Waals surface area contributed by atoms with Crippen LogP contribution in [0.3, 0.4) is 0 Å². The number of carbonyl (C=O) groups excluding carboxylic acids is 1. The van der Waals surface area contributed by atoms with E-state index >= 15 is 0 Å². The van der Waals surface area contributed by atoms with Crippen molar-refractivity contribution in [2.24, 2.45) is 0 Å². The third-order valence-electron chi connectivity index (χ3n) is 6.27. The lowest BCUT2D eigenvalue weighted by atomic mass is 10.0. The Morgan fingerprint density at radius 2 is 1.86 bits per heavy atom. The Kier molecular flexibility index (Phi) is 8.23. The Morgan fingerprint density at radius 3 is 2.60 bits per heavy atom. The lowest BCUT2D eigenvalue weighted by molar-refractivity contribution is 0.0376. The number of morpholine rings is 1. The number of ether oxygens (including phenoxy) is 2. The molecule has 1 aromatic heterocycles. The van der Waals surface area contributed by atoms with E-state index in [1.165, 1.54) is 5.56 Å². The summed E-state index contributed by atoms with van der Waals surface area (Å²) in [6.45, 7) is 7.00. The molecule has 0 atom stereocenters. The van der Waals surface area contributed by atoms with Crippen molar-refractivity contribution in [3.8, 4) is 5.75 Å². The topological polar surface area (TPSA) is 54.9 Å². The van der Waals surface area contributed by atoms with Crippen molar-refractivity contribution in [3.63, 3.8) is 0 Å². The first-order valence-corrected chi connectivity index (χ1v) is 12.5. The number of fused-ring (bicyclic) bond motifs is 2. The van der Waals surface area contributed by atoms with Crippen LogP contribution in [0, 0.1) is 6.92 Å². The number of amides is 1. The Bertz CT molecular complexity index is 1320. The molecule has 0 radical (unpaired) electrons. The maximum Gasteiger partial charge on any atom is 0.263 e. The molecule has 0 unspecified atom stereocenters. The Balaban J connectivity index is 0.00000289. The number of hydrogen-bond acceptors (Lipinski definition) is 6. The van der Waals surface area contributed by atoms with E-state index < -0.39 is 0 Å². The second kappa shape index (κ2) is 11.4. The molecule has 1 aliphatic rings. The monoisotopic (exact) mass is 511 g/mol. The Hall–Kier alpha value is -2.71. The third-order valence-corrected chi connectivity index (χ3v) is 7.31. The van der Waals surface area contributed by atoms with Crippen LogP contribution in [0.25, 0.3) is 21.0 Å².